The van der Waals surface area contributed by atoms with Crippen molar-refractivity contribution in [2.75, 3.05) is 0 Å². The van der Waals surface area contributed by atoms with Crippen LogP contribution in [0.2, 0.25) is 0 Å². The van der Waals surface area contributed by atoms with Crippen LogP contribution in [-0.4, -0.2) is 4.52 Å². The number of hydrogen-bond acceptors (Lipinski definition) is 0. The molecule has 2 aromatic heterocycles. The van der Waals surface area contributed by atoms with Crippen molar-refractivity contribution in [1.82, 2.24) is 4.52 Å². The minimum Gasteiger partial charge on any atom is -0.120 e. The van der Waals surface area contributed by atoms with Gasteiger partial charge in [0, 0.05) is 22.2 Å². The number of rotatable bonds is 2. The van der Waals surface area contributed by atoms with Gasteiger partial charge in [0.25, 0.3) is 0 Å². The molecule has 0 saturated heterocycles. The zero-order valence-electron chi connectivity index (χ0n) is 14.6. The maximum absolute atomic E-state index is 2.31. The fraction of sp³-hybridized carbons (Fsp3) is 0.0417. The van der Waals surface area contributed by atoms with Crippen LogP contribution in [0, 0.1) is 0 Å². The lowest BCUT2D eigenvalue weighted by molar-refractivity contribution is -0.725. The van der Waals surface area contributed by atoms with Gasteiger partial charge >= 0.3 is 0 Å². The topological polar surface area (TPSA) is 8.29 Å². The fourth-order valence-corrected chi connectivity index (χ4v) is 3.81. The van der Waals surface area contributed by atoms with Crippen molar-refractivity contribution in [2.45, 2.75) is 0 Å². The Morgan fingerprint density at radius 1 is 0.731 bits per heavy atom. The Hall–Kier alpha value is -3.39. The van der Waals surface area contributed by atoms with Gasteiger partial charge in [-0.1, -0.05) is 66.7 Å². The Morgan fingerprint density at radius 3 is 2.15 bits per heavy atom. The summed E-state index contributed by atoms with van der Waals surface area (Å²) in [4.78, 5) is 0. The molecule has 0 saturated carbocycles. The van der Waals surface area contributed by atoms with Gasteiger partial charge in [-0.3, -0.25) is 0 Å². The molecule has 2 heterocycles. The van der Waals surface area contributed by atoms with E-state index >= 15 is 0 Å². The summed E-state index contributed by atoms with van der Waals surface area (Å²) >= 11 is 0. The lowest BCUT2D eigenvalue weighted by Gasteiger charge is -1.96. The van der Waals surface area contributed by atoms with Crippen LogP contribution in [0.15, 0.2) is 91.0 Å². The molecule has 2 nitrogen and oxygen atoms in total. The van der Waals surface area contributed by atoms with Gasteiger partial charge in [0.05, 0.1) is 0 Å². The van der Waals surface area contributed by atoms with Gasteiger partial charge in [0.15, 0.2) is 7.05 Å². The van der Waals surface area contributed by atoms with E-state index < -0.39 is 0 Å². The van der Waals surface area contributed by atoms with Gasteiger partial charge in [0.2, 0.25) is 5.69 Å². The second kappa shape index (κ2) is 5.85. The van der Waals surface area contributed by atoms with Crippen LogP contribution in [0.3, 0.4) is 0 Å². The molecule has 5 aromatic rings. The molecule has 0 radical (unpaired) electrons. The van der Waals surface area contributed by atoms with Gasteiger partial charge in [-0.2, -0.15) is 0 Å². The minimum absolute atomic E-state index is 1.22. The Balaban J connectivity index is 1.90. The lowest BCUT2D eigenvalue weighted by Crippen LogP contribution is -2.36. The number of para-hydroxylation sites is 1. The lowest BCUT2D eigenvalue weighted by atomic mass is 10.1. The summed E-state index contributed by atoms with van der Waals surface area (Å²) < 4.78 is 4.56. The van der Waals surface area contributed by atoms with E-state index in [-0.39, 0.29) is 0 Å². The molecule has 124 valence electrons. The quantitative estimate of drug-likeness (QED) is 0.429. The molecule has 0 aliphatic rings. The van der Waals surface area contributed by atoms with E-state index in [4.69, 9.17) is 0 Å². The fourth-order valence-electron chi connectivity index (χ4n) is 3.81. The molecule has 0 atom stereocenters. The first-order valence-corrected chi connectivity index (χ1v) is 8.87. The molecule has 0 fully saturated rings. The maximum atomic E-state index is 2.31. The average Bonchev–Trinajstić information content (AvgIpc) is 3.19. The van der Waals surface area contributed by atoms with Crippen molar-refractivity contribution in [3.05, 3.63) is 102 Å². The number of benzene rings is 3. The van der Waals surface area contributed by atoms with Crippen LogP contribution in [0.4, 0.5) is 0 Å². The summed E-state index contributed by atoms with van der Waals surface area (Å²) in [5, 5.41) is 2.55. The predicted molar refractivity (Wildman–Crippen MR) is 107 cm³/mol. The molecule has 26 heavy (non-hydrogen) atoms. The molecule has 0 spiro atoms. The van der Waals surface area contributed by atoms with Crippen molar-refractivity contribution >= 4 is 22.5 Å². The van der Waals surface area contributed by atoms with Crippen LogP contribution < -0.4 is 9.90 Å². The molecule has 5 rings (SSSR count). The summed E-state index contributed by atoms with van der Waals surface area (Å²) in [6, 6.07) is 32.0. The normalized spacial score (nSPS) is 12.3. The third-order valence-electron chi connectivity index (χ3n) is 5.03. The Morgan fingerprint density at radius 2 is 1.38 bits per heavy atom. The van der Waals surface area contributed by atoms with E-state index in [9.17, 15) is 0 Å². The number of aryl methyl sites for hydroxylation is 1. The van der Waals surface area contributed by atoms with Crippen molar-refractivity contribution < 1.29 is 4.68 Å². The molecule has 3 aromatic carbocycles. The summed E-state index contributed by atoms with van der Waals surface area (Å²) in [6.07, 6.45) is 2.28. The number of hydrogen-bond donors (Lipinski definition) is 0. The highest BCUT2D eigenvalue weighted by atomic mass is 15.3. The largest absolute Gasteiger partial charge is 0.239 e. The first-order chi connectivity index (χ1) is 12.8. The summed E-state index contributed by atoms with van der Waals surface area (Å²) in [6.45, 7) is 0. The molecule has 0 unspecified atom stereocenters. The van der Waals surface area contributed by atoms with Gasteiger partial charge in [-0.05, 0) is 29.8 Å². The highest BCUT2D eigenvalue weighted by Gasteiger charge is 2.21. The first kappa shape index (κ1) is 14.9. The monoisotopic (exact) mass is 335 g/mol. The molecule has 2 heteroatoms. The second-order valence-corrected chi connectivity index (χ2v) is 6.60. The molecular weight excluding hydrogens is 316 g/mol. The Labute approximate surface area is 152 Å². The van der Waals surface area contributed by atoms with E-state index in [0.29, 0.717) is 0 Å². The highest BCUT2D eigenvalue weighted by Crippen LogP contribution is 2.21. The second-order valence-electron chi connectivity index (χ2n) is 6.60. The van der Waals surface area contributed by atoms with Crippen molar-refractivity contribution in [3.8, 4) is 11.3 Å². The predicted octanol–water partition coefficient (Wildman–Crippen LogP) is 4.13. The van der Waals surface area contributed by atoms with E-state index in [0.717, 1.165) is 0 Å². The van der Waals surface area contributed by atoms with E-state index in [1.54, 1.807) is 0 Å². The molecule has 0 aliphatic carbocycles. The minimum atomic E-state index is 1.22. The Bertz CT molecular complexity index is 1270. The smallest absolute Gasteiger partial charge is 0.120 e. The standard InChI is InChI=1S/C24H19N2/c1-25-23(19-12-6-3-7-13-19)17-24-21(16-18-10-4-2-5-11-18)20-14-8-9-15-22(20)26(24)25/h2-17H,1H3/q+1/b21-16-. The van der Waals surface area contributed by atoms with Crippen LogP contribution in [-0.2, 0) is 7.05 Å². The zero-order valence-corrected chi connectivity index (χ0v) is 14.6. The molecular formula is C24H19N2+. The van der Waals surface area contributed by atoms with Crippen LogP contribution >= 0.6 is 0 Å². The van der Waals surface area contributed by atoms with E-state index in [1.165, 1.54) is 38.5 Å². The average molecular weight is 335 g/mol. The maximum Gasteiger partial charge on any atom is 0.239 e. The summed E-state index contributed by atoms with van der Waals surface area (Å²) in [5.74, 6) is 0. The summed E-state index contributed by atoms with van der Waals surface area (Å²) in [5.41, 5.74) is 6.13. The van der Waals surface area contributed by atoms with Crippen LogP contribution in [0.1, 0.15) is 5.56 Å². The van der Waals surface area contributed by atoms with Crippen molar-refractivity contribution in [2.24, 2.45) is 7.05 Å². The first-order valence-electron chi connectivity index (χ1n) is 8.87. The summed E-state index contributed by atoms with van der Waals surface area (Å²) in [7, 11) is 2.13. The van der Waals surface area contributed by atoms with Crippen molar-refractivity contribution in [3.63, 3.8) is 0 Å². The van der Waals surface area contributed by atoms with Crippen LogP contribution in [0.5, 0.6) is 0 Å². The van der Waals surface area contributed by atoms with Crippen molar-refractivity contribution in [1.29, 1.82) is 0 Å². The number of fused-ring (bicyclic) bond motifs is 3. The van der Waals surface area contributed by atoms with Gasteiger partial charge in [0.1, 0.15) is 11.0 Å². The molecule has 0 aliphatic heterocycles. The highest BCUT2D eigenvalue weighted by molar-refractivity contribution is 5.90. The Kier molecular flexibility index (Phi) is 3.36. The SMILES string of the molecule is C[n+]1c(-c2ccccc2)cc2/c(=C\c3ccccc3)c3ccccc3n21. The van der Waals surface area contributed by atoms with E-state index in [2.05, 4.69) is 113 Å². The molecule has 0 bridgehead atoms. The number of nitrogens with zero attached hydrogens (tertiary/aromatic N) is 2. The van der Waals surface area contributed by atoms with Gasteiger partial charge in [-0.15, -0.1) is 9.20 Å². The van der Waals surface area contributed by atoms with E-state index in [1.807, 2.05) is 0 Å². The third kappa shape index (κ3) is 2.23. The van der Waals surface area contributed by atoms with Gasteiger partial charge < -0.3 is 0 Å². The van der Waals surface area contributed by atoms with Gasteiger partial charge in [-0.25, -0.2) is 0 Å². The molecule has 0 N–H and O–H groups in total. The zero-order chi connectivity index (χ0) is 17.5. The molecule has 0 amide bonds. The third-order valence-corrected chi connectivity index (χ3v) is 5.03. The van der Waals surface area contributed by atoms with Crippen LogP contribution in [0.25, 0.3) is 33.8 Å². The number of aromatic nitrogens is 2.